The fraction of sp³-hybridized carbons (Fsp3) is 0.600. The van der Waals surface area contributed by atoms with E-state index in [2.05, 4.69) is 51.6 Å². The molecular formula is C75H125Cl2F11O23S2. The van der Waals surface area contributed by atoms with Crippen molar-refractivity contribution in [1.29, 1.82) is 0 Å². The van der Waals surface area contributed by atoms with Gasteiger partial charge >= 0.3 is 31.3 Å². The Bertz CT molecular complexity index is 2590. The zero-order valence-electron chi connectivity index (χ0n) is 67.2. The van der Waals surface area contributed by atoms with Gasteiger partial charge in [0.25, 0.3) is 0 Å². The molecule has 0 saturated carbocycles. The number of hydrogen-bond acceptors (Lipinski definition) is 23. The second kappa shape index (κ2) is 92.6. The van der Waals surface area contributed by atoms with E-state index in [0.717, 1.165) is 34.4 Å². The lowest BCUT2D eigenvalue weighted by Crippen LogP contribution is -2.34. The predicted octanol–water partition coefficient (Wildman–Crippen LogP) is 13.7. The van der Waals surface area contributed by atoms with Gasteiger partial charge in [-0.15, -0.1) is 26.8 Å². The highest BCUT2D eigenvalue weighted by atomic mass is 35.5. The molecule has 0 saturated heterocycles. The fourth-order valence-corrected chi connectivity index (χ4v) is 7.50. The third kappa shape index (κ3) is 90.8. The number of halogens is 13. The summed E-state index contributed by atoms with van der Waals surface area (Å²) in [5.74, 6) is 0. The third-order valence-electron chi connectivity index (χ3n) is 11.0. The summed E-state index contributed by atoms with van der Waals surface area (Å²) in [4.78, 5) is 0. The Morgan fingerprint density at radius 3 is 0.726 bits per heavy atom. The topological polar surface area (TPSA) is 310 Å². The molecule has 0 radical (unpaired) electrons. The lowest BCUT2D eigenvalue weighted by Gasteiger charge is -2.09. The molecule has 23 nitrogen and oxygen atoms in total. The molecule has 7 unspecified atom stereocenters. The Balaban J connectivity index is -0.000000153. The first kappa shape index (κ1) is 126. The van der Waals surface area contributed by atoms with Crippen molar-refractivity contribution in [3.63, 3.8) is 0 Å². The normalized spacial score (nSPS) is 12.2. The maximum atomic E-state index is 12.9. The molecule has 0 bridgehead atoms. The molecule has 0 amide bonds. The van der Waals surface area contributed by atoms with Gasteiger partial charge < -0.3 is 87.5 Å². The van der Waals surface area contributed by atoms with E-state index in [1.165, 1.54) is 48.3 Å². The number of aliphatic hydroxyl groups excluding tert-OH is 6. The largest absolute Gasteiger partial charge is 0.524 e. The molecule has 0 aliphatic carbocycles. The Labute approximate surface area is 672 Å². The molecule has 113 heavy (non-hydrogen) atoms. The van der Waals surface area contributed by atoms with Crippen LogP contribution in [0.15, 0.2) is 152 Å². The summed E-state index contributed by atoms with van der Waals surface area (Å²) in [6.07, 6.45) is -3.16. The van der Waals surface area contributed by atoms with Gasteiger partial charge in [-0.3, -0.25) is 0 Å². The zero-order chi connectivity index (χ0) is 88.6. The van der Waals surface area contributed by atoms with Crippen LogP contribution in [-0.4, -0.2) is 263 Å². The molecule has 5 rings (SSSR count). The van der Waals surface area contributed by atoms with Crippen molar-refractivity contribution in [2.75, 3.05) is 162 Å². The number of ether oxygens (including phenoxy) is 12. The fourth-order valence-electron chi connectivity index (χ4n) is 5.94. The summed E-state index contributed by atoms with van der Waals surface area (Å²) in [5.41, 5.74) is -7.23. The smallest absolute Gasteiger partial charge is 0.394 e. The Hall–Kier alpha value is -4.95. The van der Waals surface area contributed by atoms with Crippen LogP contribution in [0.25, 0.3) is 0 Å². The van der Waals surface area contributed by atoms with E-state index in [0.29, 0.717) is 52.7 Å². The van der Waals surface area contributed by atoms with E-state index in [4.69, 9.17) is 54.0 Å². The lowest BCUT2D eigenvalue weighted by atomic mass is 10.2. The first-order chi connectivity index (χ1) is 53.8. The van der Waals surface area contributed by atoms with E-state index < -0.39 is 87.5 Å². The number of aliphatic hydroxyl groups is 6. The van der Waals surface area contributed by atoms with Gasteiger partial charge in [0.1, 0.15) is 49.9 Å². The zero-order valence-corrected chi connectivity index (χ0v) is 70.3. The van der Waals surface area contributed by atoms with Crippen molar-refractivity contribution in [3.8, 4) is 0 Å². The molecule has 5 aromatic rings. The Morgan fingerprint density at radius 2 is 0.540 bits per heavy atom. The van der Waals surface area contributed by atoms with Crippen LogP contribution in [-0.2, 0) is 114 Å². The Morgan fingerprint density at radius 1 is 0.327 bits per heavy atom. The van der Waals surface area contributed by atoms with Crippen LogP contribution < -0.4 is 0 Å². The lowest BCUT2D eigenvalue weighted by molar-refractivity contribution is -0.0586. The number of hydrogen-bond donors (Lipinski definition) is 6. The molecular weight excluding hydrogens is 1610 g/mol. The predicted molar refractivity (Wildman–Crippen MR) is 417 cm³/mol. The van der Waals surface area contributed by atoms with Crippen LogP contribution in [0.3, 0.4) is 0 Å². The summed E-state index contributed by atoms with van der Waals surface area (Å²) in [7, 11) is -3.18. The van der Waals surface area contributed by atoms with E-state index in [-0.39, 0.29) is 66.3 Å². The molecule has 7 atom stereocenters. The molecule has 0 aliphatic heterocycles. The summed E-state index contributed by atoms with van der Waals surface area (Å²) in [6.45, 7) is 14.8. The summed E-state index contributed by atoms with van der Waals surface area (Å²) < 4.78 is 229. The van der Waals surface area contributed by atoms with Gasteiger partial charge in [0.2, 0.25) is 0 Å². The van der Waals surface area contributed by atoms with Gasteiger partial charge in [-0.25, -0.2) is 22.0 Å². The molecule has 5 aromatic carbocycles. The van der Waals surface area contributed by atoms with E-state index >= 15 is 0 Å². The summed E-state index contributed by atoms with van der Waals surface area (Å²) >= 11 is 9.28. The number of methoxy groups -OCH3 is 7. The molecule has 0 fully saturated rings. The van der Waals surface area contributed by atoms with Crippen molar-refractivity contribution >= 4 is 43.4 Å². The highest BCUT2D eigenvalue weighted by Gasteiger charge is 2.57. The van der Waals surface area contributed by atoms with Gasteiger partial charge in [0, 0.05) is 69.1 Å². The summed E-state index contributed by atoms with van der Waals surface area (Å²) in [5, 5.41) is 50.8. The SMILES string of the molecule is CC.CC.CCC(F)COC.CCOC.CCl.CCl.COCC(F)CO.COCC(F)COCc1ccccc1.COCC(F)COCc1ccccc1.COCC(O)COCc1ccccc1.COCO.O=S(=O)(OS(=O)(=O)C(F)(F)F)C(F)(F)F.OCC(F)COCc1ccccc1.OCC(O)COCc1ccccc1. The van der Waals surface area contributed by atoms with Crippen LogP contribution in [0.2, 0.25) is 0 Å². The van der Waals surface area contributed by atoms with Crippen LogP contribution in [0.4, 0.5) is 48.3 Å². The van der Waals surface area contributed by atoms with Crippen LogP contribution in [0.5, 0.6) is 0 Å². The van der Waals surface area contributed by atoms with Crippen LogP contribution in [0.1, 0.15) is 75.8 Å². The molecule has 6 N–H and O–H groups in total. The average Bonchev–Trinajstić information content (AvgIpc) is 0.792. The molecule has 0 heterocycles. The van der Waals surface area contributed by atoms with Gasteiger partial charge in [-0.2, -0.15) is 43.2 Å². The molecule has 0 aromatic heterocycles. The third-order valence-corrected chi connectivity index (χ3v) is 13.6. The van der Waals surface area contributed by atoms with Crippen LogP contribution >= 0.6 is 23.2 Å². The van der Waals surface area contributed by atoms with E-state index in [1.807, 2.05) is 190 Å². The molecule has 0 spiro atoms. The second-order valence-electron chi connectivity index (χ2n) is 20.4. The molecule has 666 valence electrons. The van der Waals surface area contributed by atoms with Crippen molar-refractivity contribution in [2.45, 2.75) is 135 Å². The highest BCUT2D eigenvalue weighted by molar-refractivity contribution is 8.00. The molecule has 38 heteroatoms. The van der Waals surface area contributed by atoms with Crippen molar-refractivity contribution in [2.24, 2.45) is 0 Å². The second-order valence-corrected chi connectivity index (χ2v) is 23.7. The first-order valence-corrected chi connectivity index (χ1v) is 38.7. The number of rotatable bonds is 38. The van der Waals surface area contributed by atoms with Gasteiger partial charge in [0.05, 0.1) is 119 Å². The monoisotopic (exact) mass is 1740 g/mol. The summed E-state index contributed by atoms with van der Waals surface area (Å²) in [6, 6.07) is 48.5. The minimum absolute atomic E-state index is 0.0174. The standard InChI is InChI=1S/2C11H15FO2.C11H16O3.C10H13FO2.C10H14O3.C5H11FO.C4H9FO2.C3H8O.C2F6O5S2.C2H6O2.2C2H6.2CH3Cl/c3*1-13-8-11(12)9-14-7-10-5-3-2-4-6-10;11-10(6-12)8-13-7-9-4-2-1-3-5-9;11-6-10(12)8-13-7-9-4-2-1-3-5-9;1-3-5(6)4-7-2;1-7-3-4(5)2-6;1-3-4-2;3-1(4,5)14(9,10)13-15(11,12)2(6,7)8;1-4-2-3;4*1-2/h2*2-6,11H,7-9H2,1H3;2-6,11-12H,7-9H2,1H3;1-5,10,12H,6-8H2;1-5,10-12H,6-8H2;5H,3-4H2,1-2H3;4,6H,2-3H2,1H3;3H2,1-2H3;;3H,2H2,1H3;2*1-2H3;2*1H3. The highest BCUT2D eigenvalue weighted by Crippen LogP contribution is 2.32. The minimum Gasteiger partial charge on any atom is -0.394 e. The van der Waals surface area contributed by atoms with E-state index in [9.17, 15) is 70.2 Å². The van der Waals surface area contributed by atoms with Crippen molar-refractivity contribution < 1.29 is 156 Å². The van der Waals surface area contributed by atoms with Gasteiger partial charge in [-0.1, -0.05) is 186 Å². The van der Waals surface area contributed by atoms with Gasteiger partial charge in [-0.05, 0) is 41.2 Å². The van der Waals surface area contributed by atoms with Crippen LogP contribution in [0, 0.1) is 0 Å². The average molecular weight is 1740 g/mol. The minimum atomic E-state index is -6.85. The number of alkyl halides is 13. The van der Waals surface area contributed by atoms with Gasteiger partial charge in [0.15, 0.2) is 0 Å². The van der Waals surface area contributed by atoms with E-state index in [1.54, 1.807) is 21.1 Å². The maximum Gasteiger partial charge on any atom is 0.524 e. The molecule has 0 aliphatic rings. The van der Waals surface area contributed by atoms with Crippen molar-refractivity contribution in [3.05, 3.63) is 179 Å². The quantitative estimate of drug-likeness (QED) is 0.00925. The van der Waals surface area contributed by atoms with Crippen molar-refractivity contribution in [1.82, 2.24) is 0 Å². The Kier molecular flexibility index (Phi) is 103. The first-order valence-electron chi connectivity index (χ1n) is 34.4. The number of benzene rings is 5. The maximum absolute atomic E-state index is 12.9.